The third-order valence-electron chi connectivity index (χ3n) is 3.05. The van der Waals surface area contributed by atoms with Crippen LogP contribution in [0.4, 0.5) is 13.2 Å². The molecule has 0 aliphatic carbocycles. The van der Waals surface area contributed by atoms with Crippen LogP contribution in [0.25, 0.3) is 0 Å². The van der Waals surface area contributed by atoms with Gasteiger partial charge in [-0.25, -0.2) is 0 Å². The molecular formula is C13H17F3N2O3S. The van der Waals surface area contributed by atoms with Crippen molar-refractivity contribution in [3.05, 3.63) is 23.7 Å². The highest BCUT2D eigenvalue weighted by Crippen LogP contribution is 2.29. The third kappa shape index (κ3) is 5.90. The molecule has 124 valence electrons. The Kier molecular flexibility index (Phi) is 6.16. The van der Waals surface area contributed by atoms with Crippen molar-refractivity contribution in [2.45, 2.75) is 12.1 Å². The van der Waals surface area contributed by atoms with E-state index in [1.165, 1.54) is 6.26 Å². The molecule has 0 unspecified atom stereocenters. The van der Waals surface area contributed by atoms with Gasteiger partial charge in [0.1, 0.15) is 12.0 Å². The highest BCUT2D eigenvalue weighted by atomic mass is 32.2. The predicted molar refractivity (Wildman–Crippen MR) is 75.7 cm³/mol. The van der Waals surface area contributed by atoms with Crippen LogP contribution in [0.3, 0.4) is 0 Å². The molecule has 1 fully saturated rings. The van der Waals surface area contributed by atoms with Gasteiger partial charge in [0.25, 0.3) is 5.91 Å². The number of nitrogens with one attached hydrogen (secondary N) is 1. The Hall–Kier alpha value is -1.19. The summed E-state index contributed by atoms with van der Waals surface area (Å²) in [7, 11) is 0. The Morgan fingerprint density at radius 2 is 2.09 bits per heavy atom. The Balaban J connectivity index is 1.74. The lowest BCUT2D eigenvalue weighted by atomic mass is 10.2. The Morgan fingerprint density at radius 1 is 1.36 bits per heavy atom. The molecule has 1 aliphatic rings. The van der Waals surface area contributed by atoms with Crippen molar-refractivity contribution in [3.8, 4) is 0 Å². The number of rotatable bonds is 6. The minimum atomic E-state index is -4.27. The number of nitrogens with zero attached hydrogens (tertiary/aromatic N) is 1. The Bertz CT molecular complexity index is 487. The van der Waals surface area contributed by atoms with Crippen LogP contribution in [0.2, 0.25) is 0 Å². The van der Waals surface area contributed by atoms with Gasteiger partial charge in [-0.2, -0.15) is 13.2 Å². The lowest BCUT2D eigenvalue weighted by Crippen LogP contribution is -2.35. The van der Waals surface area contributed by atoms with E-state index in [0.717, 1.165) is 13.1 Å². The summed E-state index contributed by atoms with van der Waals surface area (Å²) in [6.07, 6.45) is 1.32. The minimum absolute atomic E-state index is 0.0486. The summed E-state index contributed by atoms with van der Waals surface area (Å²) >= 11 is -0.157. The first-order valence-corrected chi connectivity index (χ1v) is 7.79. The van der Waals surface area contributed by atoms with Gasteiger partial charge in [-0.15, -0.1) is 0 Å². The Labute approximate surface area is 130 Å². The molecule has 0 bridgehead atoms. The van der Waals surface area contributed by atoms with Gasteiger partial charge in [-0.3, -0.25) is 9.69 Å². The number of ether oxygens (including phenoxy) is 1. The van der Waals surface area contributed by atoms with Crippen LogP contribution in [0, 0.1) is 0 Å². The zero-order valence-corrected chi connectivity index (χ0v) is 12.6. The van der Waals surface area contributed by atoms with Gasteiger partial charge in [0.15, 0.2) is 0 Å². The van der Waals surface area contributed by atoms with Gasteiger partial charge in [0.2, 0.25) is 0 Å². The lowest BCUT2D eigenvalue weighted by Gasteiger charge is -2.25. The maximum Gasteiger partial charge on any atom is 0.441 e. The van der Waals surface area contributed by atoms with Crippen LogP contribution in [-0.4, -0.2) is 54.9 Å². The second-order valence-corrected chi connectivity index (χ2v) is 5.90. The van der Waals surface area contributed by atoms with E-state index in [1.807, 2.05) is 0 Å². The zero-order valence-electron chi connectivity index (χ0n) is 11.8. The first kappa shape index (κ1) is 17.2. The van der Waals surface area contributed by atoms with E-state index in [1.54, 1.807) is 6.07 Å². The molecule has 22 heavy (non-hydrogen) atoms. The van der Waals surface area contributed by atoms with E-state index < -0.39 is 11.4 Å². The summed E-state index contributed by atoms with van der Waals surface area (Å²) < 4.78 is 46.4. The van der Waals surface area contributed by atoms with Gasteiger partial charge in [-0.1, -0.05) is 0 Å². The molecule has 0 atom stereocenters. The van der Waals surface area contributed by atoms with Crippen molar-refractivity contribution in [2.75, 3.05) is 38.6 Å². The zero-order chi connectivity index (χ0) is 16.0. The number of carbonyl (C=O) groups is 1. The van der Waals surface area contributed by atoms with Crippen LogP contribution in [-0.2, 0) is 11.3 Å². The van der Waals surface area contributed by atoms with Crippen molar-refractivity contribution in [3.63, 3.8) is 0 Å². The first-order valence-electron chi connectivity index (χ1n) is 6.80. The van der Waals surface area contributed by atoms with Crippen LogP contribution < -0.4 is 5.32 Å². The van der Waals surface area contributed by atoms with E-state index in [-0.39, 0.29) is 24.1 Å². The van der Waals surface area contributed by atoms with Crippen LogP contribution in [0.1, 0.15) is 16.1 Å². The molecule has 0 aromatic carbocycles. The molecule has 1 aromatic heterocycles. The SMILES string of the molecule is O=C(NCCSC(F)(F)F)c1coc(CN2CCOCC2)c1. The summed E-state index contributed by atoms with van der Waals surface area (Å²) in [4.78, 5) is 13.9. The van der Waals surface area contributed by atoms with Gasteiger partial charge >= 0.3 is 5.51 Å². The van der Waals surface area contributed by atoms with Gasteiger partial charge in [-0.05, 0) is 17.8 Å². The number of thioether (sulfide) groups is 1. The molecule has 1 aliphatic heterocycles. The van der Waals surface area contributed by atoms with Gasteiger partial charge in [0.05, 0.1) is 25.3 Å². The fourth-order valence-electron chi connectivity index (χ4n) is 2.00. The molecule has 2 rings (SSSR count). The number of alkyl halides is 3. The number of halogens is 3. The molecule has 1 N–H and O–H groups in total. The van der Waals surface area contributed by atoms with Crippen LogP contribution >= 0.6 is 11.8 Å². The molecule has 0 saturated carbocycles. The second-order valence-electron chi connectivity index (χ2n) is 4.74. The number of furan rings is 1. The average molecular weight is 338 g/mol. The number of hydrogen-bond donors (Lipinski definition) is 1. The minimum Gasteiger partial charge on any atom is -0.467 e. The van der Waals surface area contributed by atoms with Gasteiger partial charge < -0.3 is 14.5 Å². The highest BCUT2D eigenvalue weighted by molar-refractivity contribution is 8.00. The molecule has 1 amide bonds. The molecule has 9 heteroatoms. The van der Waals surface area contributed by atoms with E-state index in [0.29, 0.717) is 31.1 Å². The second kappa shape index (κ2) is 7.89. The van der Waals surface area contributed by atoms with E-state index in [2.05, 4.69) is 10.2 Å². The number of morpholine rings is 1. The largest absolute Gasteiger partial charge is 0.467 e. The molecular weight excluding hydrogens is 321 g/mol. The maximum absolute atomic E-state index is 12.0. The predicted octanol–water partition coefficient (Wildman–Crippen LogP) is 2.09. The molecule has 0 radical (unpaired) electrons. The summed E-state index contributed by atoms with van der Waals surface area (Å²) in [6.45, 7) is 3.48. The van der Waals surface area contributed by atoms with E-state index in [4.69, 9.17) is 9.15 Å². The summed E-state index contributed by atoms with van der Waals surface area (Å²) in [6, 6.07) is 1.61. The number of hydrogen-bond acceptors (Lipinski definition) is 5. The highest BCUT2D eigenvalue weighted by Gasteiger charge is 2.27. The van der Waals surface area contributed by atoms with Crippen molar-refractivity contribution >= 4 is 17.7 Å². The number of amides is 1. The van der Waals surface area contributed by atoms with Crippen LogP contribution in [0.15, 0.2) is 16.7 Å². The fraction of sp³-hybridized carbons (Fsp3) is 0.615. The molecule has 5 nitrogen and oxygen atoms in total. The fourth-order valence-corrected chi connectivity index (χ4v) is 2.43. The van der Waals surface area contributed by atoms with Crippen LogP contribution in [0.5, 0.6) is 0 Å². The summed E-state index contributed by atoms with van der Waals surface area (Å²) in [5.41, 5.74) is -3.95. The monoisotopic (exact) mass is 338 g/mol. The topological polar surface area (TPSA) is 54.7 Å². The molecule has 1 saturated heterocycles. The third-order valence-corrected chi connectivity index (χ3v) is 3.79. The van der Waals surface area contributed by atoms with E-state index in [9.17, 15) is 18.0 Å². The van der Waals surface area contributed by atoms with Crippen molar-refractivity contribution in [2.24, 2.45) is 0 Å². The van der Waals surface area contributed by atoms with Crippen molar-refractivity contribution in [1.29, 1.82) is 0 Å². The number of carbonyl (C=O) groups excluding carboxylic acids is 1. The van der Waals surface area contributed by atoms with Gasteiger partial charge in [0, 0.05) is 25.4 Å². The summed E-state index contributed by atoms with van der Waals surface area (Å²) in [5.74, 6) is 0.00440. The molecule has 2 heterocycles. The lowest BCUT2D eigenvalue weighted by molar-refractivity contribution is -0.0327. The van der Waals surface area contributed by atoms with E-state index >= 15 is 0 Å². The first-order chi connectivity index (χ1) is 10.4. The summed E-state index contributed by atoms with van der Waals surface area (Å²) in [5, 5.41) is 2.44. The molecule has 0 spiro atoms. The smallest absolute Gasteiger partial charge is 0.441 e. The molecule has 1 aromatic rings. The standard InChI is InChI=1S/C13H17F3N2O3S/c14-13(15,16)22-6-1-17-12(19)10-7-11(21-9-10)8-18-2-4-20-5-3-18/h7,9H,1-6,8H2,(H,17,19). The maximum atomic E-state index is 12.0. The quantitative estimate of drug-likeness (QED) is 0.805. The van der Waals surface area contributed by atoms with Crippen molar-refractivity contribution in [1.82, 2.24) is 10.2 Å². The van der Waals surface area contributed by atoms with Crippen molar-refractivity contribution < 1.29 is 27.1 Å². The Morgan fingerprint density at radius 3 is 2.77 bits per heavy atom. The average Bonchev–Trinajstić information content (AvgIpc) is 2.92. The normalized spacial score (nSPS) is 16.7.